The molecule has 0 unspecified atom stereocenters. The number of aromatic nitrogens is 2. The largest absolute Gasteiger partial charge is 0.352 e. The van der Waals surface area contributed by atoms with Crippen molar-refractivity contribution < 1.29 is 4.79 Å². The molecular formula is C23H29N3OS. The Morgan fingerprint density at radius 1 is 1.14 bits per heavy atom. The molecule has 28 heavy (non-hydrogen) atoms. The average Bonchev–Trinajstić information content (AvgIpc) is 3.32. The molecule has 0 saturated carbocycles. The first-order valence-corrected chi connectivity index (χ1v) is 11.0. The van der Waals surface area contributed by atoms with E-state index in [1.54, 1.807) is 11.3 Å². The van der Waals surface area contributed by atoms with E-state index in [0.717, 1.165) is 72.0 Å². The monoisotopic (exact) mass is 395 g/mol. The van der Waals surface area contributed by atoms with Crippen molar-refractivity contribution in [2.24, 2.45) is 0 Å². The summed E-state index contributed by atoms with van der Waals surface area (Å²) in [7, 11) is 0. The Morgan fingerprint density at radius 2 is 1.89 bits per heavy atom. The molecule has 2 aromatic heterocycles. The van der Waals surface area contributed by atoms with Crippen molar-refractivity contribution >= 4 is 17.2 Å². The number of benzene rings is 1. The van der Waals surface area contributed by atoms with Gasteiger partial charge in [0.1, 0.15) is 5.01 Å². The van der Waals surface area contributed by atoms with Crippen molar-refractivity contribution in [3.63, 3.8) is 0 Å². The van der Waals surface area contributed by atoms with Gasteiger partial charge in [0.05, 0.1) is 17.0 Å². The molecule has 0 aliphatic rings. The first kappa shape index (κ1) is 20.3. The van der Waals surface area contributed by atoms with Gasteiger partial charge in [-0.2, -0.15) is 0 Å². The van der Waals surface area contributed by atoms with Gasteiger partial charge in [-0.15, -0.1) is 11.3 Å². The fourth-order valence-electron chi connectivity index (χ4n) is 3.27. The van der Waals surface area contributed by atoms with Crippen molar-refractivity contribution in [1.29, 1.82) is 0 Å². The number of rotatable bonds is 9. The van der Waals surface area contributed by atoms with E-state index in [0.29, 0.717) is 0 Å². The fourth-order valence-corrected chi connectivity index (χ4v) is 4.09. The number of thiazole rings is 1. The molecule has 0 spiro atoms. The van der Waals surface area contributed by atoms with Crippen molar-refractivity contribution in [3.05, 3.63) is 53.0 Å². The summed E-state index contributed by atoms with van der Waals surface area (Å²) >= 11 is 1.65. The summed E-state index contributed by atoms with van der Waals surface area (Å²) in [6, 6.07) is 12.2. The zero-order valence-electron chi connectivity index (χ0n) is 17.0. The third kappa shape index (κ3) is 4.53. The van der Waals surface area contributed by atoms with E-state index < -0.39 is 0 Å². The zero-order chi connectivity index (χ0) is 19.9. The van der Waals surface area contributed by atoms with Crippen LogP contribution in [0.2, 0.25) is 0 Å². The lowest BCUT2D eigenvalue weighted by Crippen LogP contribution is -2.24. The van der Waals surface area contributed by atoms with Gasteiger partial charge in [-0.25, -0.2) is 4.98 Å². The van der Waals surface area contributed by atoms with Gasteiger partial charge in [0.25, 0.3) is 5.91 Å². The Bertz CT molecular complexity index is 911. The summed E-state index contributed by atoms with van der Waals surface area (Å²) in [5.41, 5.74) is 4.88. The molecule has 0 saturated heterocycles. The maximum absolute atomic E-state index is 12.7. The average molecular weight is 396 g/mol. The summed E-state index contributed by atoms with van der Waals surface area (Å²) in [5, 5.41) is 6.15. The van der Waals surface area contributed by atoms with E-state index in [4.69, 9.17) is 4.98 Å². The first-order chi connectivity index (χ1) is 13.7. The number of carbonyl (C=O) groups is 1. The smallest absolute Gasteiger partial charge is 0.253 e. The third-order valence-electron chi connectivity index (χ3n) is 4.95. The van der Waals surface area contributed by atoms with Crippen LogP contribution in [0.5, 0.6) is 0 Å². The van der Waals surface area contributed by atoms with Crippen LogP contribution in [0.15, 0.2) is 41.8 Å². The van der Waals surface area contributed by atoms with Crippen molar-refractivity contribution in [2.45, 2.75) is 53.0 Å². The van der Waals surface area contributed by atoms with Gasteiger partial charge in [-0.3, -0.25) is 4.79 Å². The van der Waals surface area contributed by atoms with E-state index in [1.165, 1.54) is 0 Å². The molecule has 2 heterocycles. The molecule has 1 amide bonds. The van der Waals surface area contributed by atoms with Crippen LogP contribution < -0.4 is 5.32 Å². The van der Waals surface area contributed by atoms with Gasteiger partial charge in [0, 0.05) is 29.7 Å². The van der Waals surface area contributed by atoms with Crippen LogP contribution in [-0.4, -0.2) is 22.0 Å². The molecule has 5 heteroatoms. The minimum atomic E-state index is 0.0148. The minimum Gasteiger partial charge on any atom is -0.352 e. The van der Waals surface area contributed by atoms with Crippen LogP contribution >= 0.6 is 11.3 Å². The summed E-state index contributed by atoms with van der Waals surface area (Å²) < 4.78 is 2.25. The first-order valence-electron chi connectivity index (χ1n) is 10.1. The molecule has 0 aliphatic heterocycles. The molecule has 4 nitrogen and oxygen atoms in total. The van der Waals surface area contributed by atoms with E-state index in [9.17, 15) is 4.79 Å². The number of hydrogen-bond donors (Lipinski definition) is 1. The quantitative estimate of drug-likeness (QED) is 0.457. The Morgan fingerprint density at radius 3 is 2.61 bits per heavy atom. The Labute approximate surface area is 171 Å². The summed E-state index contributed by atoms with van der Waals surface area (Å²) in [4.78, 5) is 17.6. The molecule has 0 aliphatic carbocycles. The highest BCUT2D eigenvalue weighted by Gasteiger charge is 2.20. The summed E-state index contributed by atoms with van der Waals surface area (Å²) in [6.07, 6.45) is 4.26. The topological polar surface area (TPSA) is 46.9 Å². The maximum atomic E-state index is 12.7. The normalized spacial score (nSPS) is 11.0. The van der Waals surface area contributed by atoms with Gasteiger partial charge in [0.2, 0.25) is 0 Å². The molecule has 3 aromatic rings. The van der Waals surface area contributed by atoms with Crippen LogP contribution in [0.1, 0.15) is 55.6 Å². The van der Waals surface area contributed by atoms with Crippen LogP contribution in [0, 0.1) is 6.92 Å². The van der Waals surface area contributed by atoms with Crippen LogP contribution in [0.25, 0.3) is 22.0 Å². The highest BCUT2D eigenvalue weighted by molar-refractivity contribution is 7.13. The van der Waals surface area contributed by atoms with Crippen molar-refractivity contribution in [1.82, 2.24) is 14.9 Å². The lowest BCUT2D eigenvalue weighted by molar-refractivity contribution is 0.0952. The number of nitrogens with zero attached hydrogens (tertiary/aromatic N) is 2. The molecule has 0 atom stereocenters. The Kier molecular flexibility index (Phi) is 7.04. The lowest BCUT2D eigenvalue weighted by atomic mass is 10.2. The second-order valence-corrected chi connectivity index (χ2v) is 7.91. The standard InChI is InChI=1S/C23H29N3OS/c1-4-6-13-24-22(27)19-15-21(26(17(19)3)14-7-5-2)20-16-28-23(25-20)18-11-9-8-10-12-18/h8-12,15-16H,4-7,13-14H2,1-3H3,(H,24,27). The molecule has 0 fully saturated rings. The van der Waals surface area contributed by atoms with E-state index >= 15 is 0 Å². The molecule has 1 aromatic carbocycles. The van der Waals surface area contributed by atoms with E-state index in [-0.39, 0.29) is 5.91 Å². The van der Waals surface area contributed by atoms with Gasteiger partial charge < -0.3 is 9.88 Å². The van der Waals surface area contributed by atoms with Crippen molar-refractivity contribution in [3.8, 4) is 22.0 Å². The van der Waals surface area contributed by atoms with Gasteiger partial charge >= 0.3 is 0 Å². The summed E-state index contributed by atoms with van der Waals surface area (Å²) in [5.74, 6) is 0.0148. The zero-order valence-corrected chi connectivity index (χ0v) is 17.8. The van der Waals surface area contributed by atoms with E-state index in [2.05, 4.69) is 41.2 Å². The van der Waals surface area contributed by atoms with Crippen molar-refractivity contribution in [2.75, 3.05) is 6.54 Å². The molecular weight excluding hydrogens is 366 g/mol. The predicted octanol–water partition coefficient (Wildman–Crippen LogP) is 5.92. The predicted molar refractivity (Wildman–Crippen MR) is 118 cm³/mol. The SMILES string of the molecule is CCCCNC(=O)c1cc(-c2csc(-c3ccccc3)n2)n(CCCC)c1C. The Hall–Kier alpha value is -2.40. The maximum Gasteiger partial charge on any atom is 0.253 e. The second kappa shape index (κ2) is 9.69. The number of hydrogen-bond acceptors (Lipinski definition) is 3. The highest BCUT2D eigenvalue weighted by atomic mass is 32.1. The lowest BCUT2D eigenvalue weighted by Gasteiger charge is -2.10. The number of carbonyl (C=O) groups excluding carboxylic acids is 1. The van der Waals surface area contributed by atoms with Gasteiger partial charge in [0.15, 0.2) is 0 Å². The highest BCUT2D eigenvalue weighted by Crippen LogP contribution is 2.31. The second-order valence-electron chi connectivity index (χ2n) is 7.05. The molecule has 148 valence electrons. The Balaban J connectivity index is 1.94. The third-order valence-corrected chi connectivity index (χ3v) is 5.84. The van der Waals surface area contributed by atoms with E-state index in [1.807, 2.05) is 31.2 Å². The fraction of sp³-hybridized carbons (Fsp3) is 0.391. The van der Waals surface area contributed by atoms with Crippen LogP contribution in [0.3, 0.4) is 0 Å². The van der Waals surface area contributed by atoms with Crippen LogP contribution in [0.4, 0.5) is 0 Å². The minimum absolute atomic E-state index is 0.0148. The molecule has 0 radical (unpaired) electrons. The summed E-state index contributed by atoms with van der Waals surface area (Å²) in [6.45, 7) is 7.98. The number of amides is 1. The number of nitrogens with one attached hydrogen (secondary N) is 1. The van der Waals surface area contributed by atoms with Gasteiger partial charge in [-0.1, -0.05) is 57.0 Å². The molecule has 3 rings (SSSR count). The molecule has 0 bridgehead atoms. The number of unbranched alkanes of at least 4 members (excludes halogenated alkanes) is 2. The molecule has 1 N–H and O–H groups in total. The van der Waals surface area contributed by atoms with Crippen LogP contribution in [-0.2, 0) is 6.54 Å². The van der Waals surface area contributed by atoms with Gasteiger partial charge in [-0.05, 0) is 25.8 Å².